The summed E-state index contributed by atoms with van der Waals surface area (Å²) < 4.78 is 6.91. The Morgan fingerprint density at radius 2 is 1.73 bits per heavy atom. The first kappa shape index (κ1) is 23.1. The largest absolute Gasteiger partial charge is 0.452 e. The van der Waals surface area contributed by atoms with Gasteiger partial charge in [-0.05, 0) is 49.2 Å². The topological polar surface area (TPSA) is 139 Å². The minimum absolute atomic E-state index is 0.230. The van der Waals surface area contributed by atoms with Crippen molar-refractivity contribution < 1.29 is 19.1 Å². The van der Waals surface area contributed by atoms with Crippen molar-refractivity contribution in [2.75, 3.05) is 11.9 Å². The molecule has 0 saturated heterocycles. The van der Waals surface area contributed by atoms with Crippen LogP contribution in [0.5, 0.6) is 0 Å². The van der Waals surface area contributed by atoms with E-state index < -0.39 is 24.5 Å². The summed E-state index contributed by atoms with van der Waals surface area (Å²) >= 11 is 0. The third kappa shape index (κ3) is 5.37. The van der Waals surface area contributed by atoms with Crippen LogP contribution in [0.25, 0.3) is 5.69 Å². The molecule has 3 aromatic rings. The number of carbonyl (C=O) groups excluding carboxylic acids is 3. The first-order chi connectivity index (χ1) is 15.8. The molecular weight excluding hydrogens is 422 g/mol. The van der Waals surface area contributed by atoms with Gasteiger partial charge in [0.2, 0.25) is 0 Å². The lowest BCUT2D eigenvalue weighted by Gasteiger charge is -2.13. The average Bonchev–Trinajstić information content (AvgIpc) is 3.05. The molecule has 2 aromatic carbocycles. The molecule has 0 fully saturated rings. The van der Waals surface area contributed by atoms with Crippen LogP contribution in [0.3, 0.4) is 0 Å². The zero-order valence-electron chi connectivity index (χ0n) is 18.2. The molecule has 0 saturated carbocycles. The summed E-state index contributed by atoms with van der Waals surface area (Å²) in [5.41, 5.74) is 8.73. The molecule has 0 aliphatic carbocycles. The number of primary amides is 1. The van der Waals surface area contributed by atoms with Gasteiger partial charge in [0.25, 0.3) is 5.91 Å². The van der Waals surface area contributed by atoms with Crippen molar-refractivity contribution in [2.45, 2.75) is 20.4 Å². The number of ether oxygens (including phenoxy) is 1. The van der Waals surface area contributed by atoms with Gasteiger partial charge < -0.3 is 21.1 Å². The molecule has 3 amide bonds. The highest BCUT2D eigenvalue weighted by Crippen LogP contribution is 2.29. The fourth-order valence-electron chi connectivity index (χ4n) is 3.29. The number of nitrogens with two attached hydrogens (primary N) is 1. The van der Waals surface area contributed by atoms with Crippen LogP contribution in [0.15, 0.2) is 54.6 Å². The van der Waals surface area contributed by atoms with Crippen molar-refractivity contribution in [1.29, 1.82) is 5.26 Å². The molecular formula is C24H23N5O4. The smallest absolute Gasteiger partial charge is 0.338 e. The van der Waals surface area contributed by atoms with E-state index in [1.807, 2.05) is 44.2 Å². The summed E-state index contributed by atoms with van der Waals surface area (Å²) in [5.74, 6) is -0.922. The van der Waals surface area contributed by atoms with Crippen molar-refractivity contribution in [3.05, 3.63) is 82.5 Å². The van der Waals surface area contributed by atoms with E-state index in [1.54, 1.807) is 16.7 Å². The second-order valence-electron chi connectivity index (χ2n) is 7.26. The van der Waals surface area contributed by atoms with Crippen LogP contribution >= 0.6 is 0 Å². The molecule has 9 nitrogen and oxygen atoms in total. The number of nitrogens with one attached hydrogen (secondary N) is 2. The van der Waals surface area contributed by atoms with Crippen LogP contribution in [-0.4, -0.2) is 29.1 Å². The van der Waals surface area contributed by atoms with Gasteiger partial charge in [0.15, 0.2) is 6.61 Å². The number of nitriles is 1. The van der Waals surface area contributed by atoms with E-state index >= 15 is 0 Å². The Morgan fingerprint density at radius 3 is 2.33 bits per heavy atom. The van der Waals surface area contributed by atoms with E-state index in [4.69, 9.17) is 10.5 Å². The quantitative estimate of drug-likeness (QED) is 0.480. The minimum atomic E-state index is -0.675. The van der Waals surface area contributed by atoms with Gasteiger partial charge >= 0.3 is 12.0 Å². The van der Waals surface area contributed by atoms with Gasteiger partial charge in [0.05, 0.1) is 11.1 Å². The van der Waals surface area contributed by atoms with Gasteiger partial charge in [-0.2, -0.15) is 5.26 Å². The number of urea groups is 1. The molecule has 0 spiro atoms. The first-order valence-corrected chi connectivity index (χ1v) is 10.1. The highest BCUT2D eigenvalue weighted by molar-refractivity contribution is 5.96. The van der Waals surface area contributed by atoms with E-state index in [1.165, 1.54) is 12.1 Å². The van der Waals surface area contributed by atoms with Crippen LogP contribution in [0.4, 0.5) is 10.6 Å². The van der Waals surface area contributed by atoms with Crippen molar-refractivity contribution in [2.24, 2.45) is 5.73 Å². The van der Waals surface area contributed by atoms with E-state index in [2.05, 4.69) is 16.7 Å². The number of benzene rings is 2. The van der Waals surface area contributed by atoms with Crippen molar-refractivity contribution in [1.82, 2.24) is 9.88 Å². The number of rotatable bonds is 7. The lowest BCUT2D eigenvalue weighted by atomic mass is 10.1. The number of para-hydroxylation sites is 1. The molecule has 3 rings (SSSR count). The third-order valence-corrected chi connectivity index (χ3v) is 5.09. The van der Waals surface area contributed by atoms with Crippen molar-refractivity contribution >= 4 is 23.7 Å². The van der Waals surface area contributed by atoms with Crippen LogP contribution in [0.1, 0.15) is 32.7 Å². The standard InChI is InChI=1S/C24H23N5O4/c1-15-16(2)29(19-6-4-3-5-7-19)22(20(15)12-25)28-21(30)14-33-23(31)18-10-8-17(9-11-18)13-27-24(26)32/h3-11H,13-14H2,1-2H3,(H,28,30)(H3,26,27,32). The van der Waals surface area contributed by atoms with Crippen LogP contribution in [-0.2, 0) is 16.1 Å². The Kier molecular flexibility index (Phi) is 7.10. The number of hydrogen-bond donors (Lipinski definition) is 3. The number of nitrogens with zero attached hydrogens (tertiary/aromatic N) is 2. The highest BCUT2D eigenvalue weighted by atomic mass is 16.5. The summed E-state index contributed by atoms with van der Waals surface area (Å²) in [6.45, 7) is 3.38. The predicted octanol–water partition coefficient (Wildman–Crippen LogP) is 2.93. The number of amides is 3. The lowest BCUT2D eigenvalue weighted by molar-refractivity contribution is -0.119. The number of anilines is 1. The molecule has 0 atom stereocenters. The van der Waals surface area contributed by atoms with Gasteiger partial charge in [-0.1, -0.05) is 30.3 Å². The fraction of sp³-hybridized carbons (Fsp3) is 0.167. The second kappa shape index (κ2) is 10.2. The predicted molar refractivity (Wildman–Crippen MR) is 122 cm³/mol. The number of aromatic nitrogens is 1. The Hall–Kier alpha value is -4.58. The molecule has 0 unspecified atom stereocenters. The molecule has 0 aliphatic heterocycles. The molecule has 33 heavy (non-hydrogen) atoms. The van der Waals surface area contributed by atoms with E-state index in [9.17, 15) is 19.6 Å². The Labute approximate surface area is 190 Å². The Bertz CT molecular complexity index is 1220. The van der Waals surface area contributed by atoms with Crippen LogP contribution in [0.2, 0.25) is 0 Å². The molecule has 0 aliphatic rings. The zero-order chi connectivity index (χ0) is 24.0. The maximum absolute atomic E-state index is 12.6. The van der Waals surface area contributed by atoms with Gasteiger partial charge in [-0.25, -0.2) is 9.59 Å². The van der Waals surface area contributed by atoms with E-state index in [0.29, 0.717) is 11.4 Å². The first-order valence-electron chi connectivity index (χ1n) is 10.1. The number of hydrogen-bond acceptors (Lipinski definition) is 5. The summed E-state index contributed by atoms with van der Waals surface area (Å²) in [6, 6.07) is 17.2. The Morgan fingerprint density at radius 1 is 1.06 bits per heavy atom. The summed E-state index contributed by atoms with van der Waals surface area (Å²) in [7, 11) is 0. The maximum Gasteiger partial charge on any atom is 0.338 e. The second-order valence-corrected chi connectivity index (χ2v) is 7.26. The average molecular weight is 445 g/mol. The highest BCUT2D eigenvalue weighted by Gasteiger charge is 2.21. The third-order valence-electron chi connectivity index (χ3n) is 5.09. The van der Waals surface area contributed by atoms with Gasteiger partial charge in [0, 0.05) is 17.9 Å². The lowest BCUT2D eigenvalue weighted by Crippen LogP contribution is -2.28. The van der Waals surface area contributed by atoms with Gasteiger partial charge in [-0.3, -0.25) is 9.36 Å². The van der Waals surface area contributed by atoms with Gasteiger partial charge in [-0.15, -0.1) is 0 Å². The number of esters is 1. The summed E-state index contributed by atoms with van der Waals surface area (Å²) in [4.78, 5) is 35.6. The van der Waals surface area contributed by atoms with Crippen LogP contribution in [0, 0.1) is 25.2 Å². The molecule has 9 heteroatoms. The van der Waals surface area contributed by atoms with E-state index in [0.717, 1.165) is 22.5 Å². The summed E-state index contributed by atoms with van der Waals surface area (Å²) in [6.07, 6.45) is 0. The molecule has 1 aromatic heterocycles. The molecule has 4 N–H and O–H groups in total. The van der Waals surface area contributed by atoms with Crippen LogP contribution < -0.4 is 16.4 Å². The Balaban J connectivity index is 1.69. The molecule has 0 bridgehead atoms. The fourth-order valence-corrected chi connectivity index (χ4v) is 3.29. The normalized spacial score (nSPS) is 10.2. The monoisotopic (exact) mass is 445 g/mol. The maximum atomic E-state index is 12.6. The zero-order valence-corrected chi connectivity index (χ0v) is 18.2. The molecule has 1 heterocycles. The molecule has 168 valence electrons. The SMILES string of the molecule is Cc1c(C#N)c(NC(=O)COC(=O)c2ccc(CNC(N)=O)cc2)n(-c2ccccc2)c1C. The molecule has 0 radical (unpaired) electrons. The number of carbonyl (C=O) groups is 3. The van der Waals surface area contributed by atoms with Gasteiger partial charge in [0.1, 0.15) is 11.9 Å². The summed E-state index contributed by atoms with van der Waals surface area (Å²) in [5, 5.41) is 14.8. The van der Waals surface area contributed by atoms with Crippen molar-refractivity contribution in [3.63, 3.8) is 0 Å². The minimum Gasteiger partial charge on any atom is -0.452 e. The van der Waals surface area contributed by atoms with Crippen molar-refractivity contribution in [3.8, 4) is 11.8 Å². The van der Waals surface area contributed by atoms with E-state index in [-0.39, 0.29) is 12.1 Å².